The zero-order valence-corrected chi connectivity index (χ0v) is 13.4. The highest BCUT2D eigenvalue weighted by molar-refractivity contribution is 8.14. The summed E-state index contributed by atoms with van der Waals surface area (Å²) in [7, 11) is 3.21. The second kappa shape index (κ2) is 5.83. The Balaban J connectivity index is 1.76. The van der Waals surface area contributed by atoms with Crippen LogP contribution in [0.2, 0.25) is 0 Å². The fourth-order valence-corrected chi connectivity index (χ4v) is 4.32. The first-order valence-corrected chi connectivity index (χ1v) is 8.55. The van der Waals surface area contributed by atoms with E-state index in [0.717, 1.165) is 16.7 Å². The smallest absolute Gasteiger partial charge is 0.281 e. The van der Waals surface area contributed by atoms with E-state index in [1.54, 1.807) is 18.8 Å². The number of nitrogens with zero attached hydrogens (tertiary/aromatic N) is 3. The van der Waals surface area contributed by atoms with Gasteiger partial charge in [0.25, 0.3) is 5.56 Å². The third-order valence-corrected chi connectivity index (χ3v) is 5.70. The van der Waals surface area contributed by atoms with Crippen LogP contribution in [0.5, 0.6) is 0 Å². The Morgan fingerprint density at radius 1 is 1.14 bits per heavy atom. The summed E-state index contributed by atoms with van der Waals surface area (Å²) in [5, 5.41) is 0.980. The van der Waals surface area contributed by atoms with Crippen LogP contribution in [0.3, 0.4) is 0 Å². The molecule has 21 heavy (non-hydrogen) atoms. The molecule has 0 atom stereocenters. The Kier molecular flexibility index (Phi) is 4.06. The van der Waals surface area contributed by atoms with E-state index >= 15 is 0 Å². The van der Waals surface area contributed by atoms with Gasteiger partial charge in [0.05, 0.1) is 10.6 Å². The van der Waals surface area contributed by atoms with Crippen LogP contribution in [0, 0.1) is 5.92 Å². The fourth-order valence-electron chi connectivity index (χ4n) is 3.16. The third kappa shape index (κ3) is 2.73. The molecule has 1 aromatic heterocycles. The number of hydrogen-bond donors (Lipinski definition) is 0. The first-order chi connectivity index (χ1) is 10.1. The predicted molar refractivity (Wildman–Crippen MR) is 86.8 cm³/mol. The van der Waals surface area contributed by atoms with Crippen molar-refractivity contribution < 1.29 is 0 Å². The Hall–Kier alpha value is -1.30. The molecule has 0 unspecified atom stereocenters. The van der Waals surface area contributed by atoms with Gasteiger partial charge in [-0.3, -0.25) is 13.9 Å². The largest absolute Gasteiger partial charge is 0.332 e. The van der Waals surface area contributed by atoms with Crippen LogP contribution in [0.4, 0.5) is 5.82 Å². The van der Waals surface area contributed by atoms with E-state index in [1.165, 1.54) is 48.3 Å². The van der Waals surface area contributed by atoms with Gasteiger partial charge >= 0.3 is 5.69 Å². The molecule has 0 spiro atoms. The zero-order valence-electron chi connectivity index (χ0n) is 12.6. The first kappa shape index (κ1) is 14.6. The molecule has 1 fully saturated rings. The van der Waals surface area contributed by atoms with E-state index in [-0.39, 0.29) is 11.2 Å². The first-order valence-electron chi connectivity index (χ1n) is 7.57. The molecule has 5 nitrogen and oxygen atoms in total. The quantitative estimate of drug-likeness (QED) is 0.839. The lowest BCUT2D eigenvalue weighted by Gasteiger charge is -2.20. The van der Waals surface area contributed by atoms with Crippen molar-refractivity contribution in [3.8, 4) is 0 Å². The lowest BCUT2D eigenvalue weighted by atomic mass is 9.91. The van der Waals surface area contributed by atoms with E-state index in [4.69, 9.17) is 0 Å². The number of aliphatic imine (C=N–C) groups is 1. The molecule has 0 N–H and O–H groups in total. The molecule has 0 radical (unpaired) electrons. The molecule has 2 heterocycles. The number of thioether (sulfide) groups is 1. The van der Waals surface area contributed by atoms with Crippen LogP contribution in [0.1, 0.15) is 37.7 Å². The molecule has 0 amide bonds. The lowest BCUT2D eigenvalue weighted by Crippen LogP contribution is -2.38. The summed E-state index contributed by atoms with van der Waals surface area (Å²) in [5.41, 5.74) is 0.150. The maximum atomic E-state index is 12.2. The Bertz CT molecular complexity index is 696. The number of fused-ring (bicyclic) bond motifs is 1. The number of hydrogen-bond acceptors (Lipinski definition) is 4. The van der Waals surface area contributed by atoms with Crippen molar-refractivity contribution in [3.05, 3.63) is 26.4 Å². The van der Waals surface area contributed by atoms with E-state index in [9.17, 15) is 9.59 Å². The third-order valence-electron chi connectivity index (χ3n) is 4.49. The van der Waals surface area contributed by atoms with E-state index in [2.05, 4.69) is 4.99 Å². The SMILES string of the molecule is Cn1c2c(c(=O)n(C)c1=O)CC(SCC1CCCCC1)=N2. The zero-order chi connectivity index (χ0) is 15.0. The molecule has 1 aliphatic carbocycles. The highest BCUT2D eigenvalue weighted by Gasteiger charge is 2.24. The van der Waals surface area contributed by atoms with Crippen molar-refractivity contribution in [2.75, 3.05) is 5.75 Å². The molecule has 1 aromatic rings. The van der Waals surface area contributed by atoms with Gasteiger partial charge in [-0.1, -0.05) is 19.3 Å². The summed E-state index contributed by atoms with van der Waals surface area (Å²) in [5.74, 6) is 2.41. The van der Waals surface area contributed by atoms with Gasteiger partial charge in [0.1, 0.15) is 5.82 Å². The predicted octanol–water partition coefficient (Wildman–Crippen LogP) is 1.98. The van der Waals surface area contributed by atoms with E-state index in [1.807, 2.05) is 0 Å². The van der Waals surface area contributed by atoms with Crippen LogP contribution < -0.4 is 11.2 Å². The topological polar surface area (TPSA) is 56.4 Å². The molecule has 1 aliphatic heterocycles. The maximum Gasteiger partial charge on any atom is 0.332 e. The van der Waals surface area contributed by atoms with Crippen LogP contribution >= 0.6 is 11.8 Å². The van der Waals surface area contributed by atoms with Crippen molar-refractivity contribution in [2.24, 2.45) is 25.0 Å². The molecule has 0 saturated heterocycles. The van der Waals surface area contributed by atoms with Crippen LogP contribution in [0.25, 0.3) is 0 Å². The Morgan fingerprint density at radius 3 is 2.57 bits per heavy atom. The molecular weight excluding hydrogens is 286 g/mol. The minimum Gasteiger partial charge on any atom is -0.281 e. The summed E-state index contributed by atoms with van der Waals surface area (Å²) < 4.78 is 2.65. The second-order valence-electron chi connectivity index (χ2n) is 6.01. The molecule has 3 rings (SSSR count). The van der Waals surface area contributed by atoms with Crippen molar-refractivity contribution in [1.82, 2.24) is 9.13 Å². The average Bonchev–Trinajstić information content (AvgIpc) is 2.94. The van der Waals surface area contributed by atoms with Crippen molar-refractivity contribution in [2.45, 2.75) is 38.5 Å². The molecule has 2 aliphatic rings. The average molecular weight is 307 g/mol. The minimum atomic E-state index is -0.305. The molecule has 0 bridgehead atoms. The summed E-state index contributed by atoms with van der Waals surface area (Å²) >= 11 is 1.76. The van der Waals surface area contributed by atoms with Gasteiger partial charge in [-0.15, -0.1) is 11.8 Å². The van der Waals surface area contributed by atoms with Crippen LogP contribution in [-0.2, 0) is 20.5 Å². The molecule has 1 saturated carbocycles. The van der Waals surface area contributed by atoms with Crippen LogP contribution in [-0.4, -0.2) is 19.9 Å². The van der Waals surface area contributed by atoms with Crippen molar-refractivity contribution >= 4 is 22.6 Å². The molecular formula is C15H21N3O2S. The summed E-state index contributed by atoms with van der Waals surface area (Å²) in [6.07, 6.45) is 7.25. The van der Waals surface area contributed by atoms with Gasteiger partial charge in [-0.25, -0.2) is 9.79 Å². The molecule has 114 valence electrons. The van der Waals surface area contributed by atoms with E-state index < -0.39 is 0 Å². The molecule has 0 aromatic carbocycles. The normalized spacial score (nSPS) is 18.7. The summed E-state index contributed by atoms with van der Waals surface area (Å²) in [4.78, 5) is 28.6. The van der Waals surface area contributed by atoms with Gasteiger partial charge in [0.15, 0.2) is 0 Å². The number of aromatic nitrogens is 2. The van der Waals surface area contributed by atoms with Crippen LogP contribution in [0.15, 0.2) is 14.6 Å². The highest BCUT2D eigenvalue weighted by atomic mass is 32.2. The van der Waals surface area contributed by atoms with Gasteiger partial charge in [0, 0.05) is 26.3 Å². The maximum absolute atomic E-state index is 12.2. The lowest BCUT2D eigenvalue weighted by molar-refractivity contribution is 0.391. The Labute approximate surface area is 128 Å². The van der Waals surface area contributed by atoms with E-state index in [0.29, 0.717) is 17.8 Å². The monoisotopic (exact) mass is 307 g/mol. The van der Waals surface area contributed by atoms with Gasteiger partial charge in [0.2, 0.25) is 0 Å². The number of rotatable bonds is 2. The van der Waals surface area contributed by atoms with Crippen molar-refractivity contribution in [1.29, 1.82) is 0 Å². The standard InChI is InChI=1S/C15H21N3O2S/c1-17-13-11(14(19)18(2)15(17)20)8-12(16-13)21-9-10-6-4-3-5-7-10/h10H,3-9H2,1-2H3. The van der Waals surface area contributed by atoms with Gasteiger partial charge < -0.3 is 0 Å². The summed E-state index contributed by atoms with van der Waals surface area (Å²) in [6.45, 7) is 0. The summed E-state index contributed by atoms with van der Waals surface area (Å²) in [6, 6.07) is 0. The van der Waals surface area contributed by atoms with Gasteiger partial charge in [-0.05, 0) is 18.8 Å². The highest BCUT2D eigenvalue weighted by Crippen LogP contribution is 2.31. The minimum absolute atomic E-state index is 0.204. The van der Waals surface area contributed by atoms with Gasteiger partial charge in [-0.2, -0.15) is 0 Å². The second-order valence-corrected chi connectivity index (χ2v) is 7.10. The van der Waals surface area contributed by atoms with Crippen molar-refractivity contribution in [3.63, 3.8) is 0 Å². The Morgan fingerprint density at radius 2 is 1.86 bits per heavy atom. The molecule has 6 heteroatoms. The fraction of sp³-hybridized carbons (Fsp3) is 0.667.